The van der Waals surface area contributed by atoms with Crippen LogP contribution in [-0.4, -0.2) is 85.9 Å². The molecule has 0 bridgehead atoms. The normalized spacial score (nSPS) is 20.2. The molecule has 7 N–H and O–H groups in total. The summed E-state index contributed by atoms with van der Waals surface area (Å²) in [6, 6.07) is 0. The van der Waals surface area contributed by atoms with Crippen molar-refractivity contribution >= 4 is 14.5 Å². The van der Waals surface area contributed by atoms with Crippen molar-refractivity contribution < 1.29 is 41.2 Å². The Hall–Kier alpha value is 0.0384. The van der Waals surface area contributed by atoms with E-state index in [9.17, 15) is 8.85 Å². The van der Waals surface area contributed by atoms with E-state index in [1.807, 2.05) is 0 Å². The van der Waals surface area contributed by atoms with Crippen molar-refractivity contribution in [1.29, 1.82) is 0 Å². The number of hydrogen-bond acceptors (Lipinski definition) is 7. The average molecular weight is 306 g/mol. The summed E-state index contributed by atoms with van der Waals surface area (Å²) in [7, 11) is 0. The van der Waals surface area contributed by atoms with Crippen molar-refractivity contribution in [2.24, 2.45) is 0 Å². The zero-order chi connectivity index (χ0) is 12.9. The third kappa shape index (κ3) is 5.94. The van der Waals surface area contributed by atoms with Crippen molar-refractivity contribution in [3.63, 3.8) is 0 Å². The summed E-state index contributed by atoms with van der Waals surface area (Å²) in [4.78, 5) is 0. The number of hydrogen-bond donors (Lipinski definition) is 7. The molecule has 98 valence electrons. The van der Waals surface area contributed by atoms with Gasteiger partial charge in [-0.2, -0.15) is 0 Å². The summed E-state index contributed by atoms with van der Waals surface area (Å²) in [5, 5.41) is 44.8. The van der Waals surface area contributed by atoms with Crippen LogP contribution >= 0.6 is 0 Å². The van der Waals surface area contributed by atoms with Gasteiger partial charge in [0.15, 0.2) is 0 Å². The van der Waals surface area contributed by atoms with Crippen molar-refractivity contribution in [3.05, 3.63) is 0 Å². The van der Waals surface area contributed by atoms with Gasteiger partial charge < -0.3 is 0 Å². The fraction of sp³-hybridized carbons (Fsp3) is 1.00. The van der Waals surface area contributed by atoms with E-state index in [0.29, 0.717) is 0 Å². The van der Waals surface area contributed by atoms with Crippen LogP contribution in [0, 0.1) is 0 Å². The van der Waals surface area contributed by atoms with Crippen LogP contribution in [0.15, 0.2) is 0 Å². The Labute approximate surface area is 93.9 Å². The molecule has 4 atom stereocenters. The quantitative estimate of drug-likeness (QED) is 0.228. The molecule has 0 amide bonds. The molecule has 0 aromatic rings. The molecule has 0 rings (SSSR count). The second kappa shape index (κ2) is 6.70. The first-order valence-corrected chi connectivity index (χ1v) is 7.43. The van der Waals surface area contributed by atoms with Gasteiger partial charge in [0.05, 0.1) is 0 Å². The molecule has 16 heavy (non-hydrogen) atoms. The second-order valence-corrected chi connectivity index (χ2v) is 5.69. The van der Waals surface area contributed by atoms with E-state index in [4.69, 9.17) is 28.6 Å². The second-order valence-electron chi connectivity index (χ2n) is 3.08. The molecule has 0 fully saturated rings. The van der Waals surface area contributed by atoms with E-state index in [1.165, 1.54) is 0 Å². The summed E-state index contributed by atoms with van der Waals surface area (Å²) in [5.41, 5.74) is 0. The van der Waals surface area contributed by atoms with E-state index in [2.05, 4.69) is 3.73 Å². The Morgan fingerprint density at radius 3 is 1.81 bits per heavy atom. The Balaban J connectivity index is 4.17. The van der Waals surface area contributed by atoms with Crippen LogP contribution in [0.4, 0.5) is 0 Å². The predicted molar refractivity (Wildman–Crippen MR) is 47.9 cm³/mol. The monoisotopic (exact) mass is 306 g/mol. The van der Waals surface area contributed by atoms with Crippen LogP contribution in [0.25, 0.3) is 0 Å². The third-order valence-electron chi connectivity index (χ3n) is 1.74. The van der Waals surface area contributed by atoms with Crippen LogP contribution in [0.3, 0.4) is 0 Å². The van der Waals surface area contributed by atoms with Crippen molar-refractivity contribution in [2.75, 3.05) is 13.2 Å². The fourth-order valence-corrected chi connectivity index (χ4v) is 1.56. The molecule has 0 aromatic carbocycles. The summed E-state index contributed by atoms with van der Waals surface area (Å²) in [5.74, 6) is 0. The van der Waals surface area contributed by atoms with Gasteiger partial charge in [-0.3, -0.25) is 0 Å². The zero-order valence-electron chi connectivity index (χ0n) is 8.12. The molecule has 0 heterocycles. The maximum atomic E-state index is 10.3. The van der Waals surface area contributed by atoms with Gasteiger partial charge in [0, 0.05) is 0 Å². The van der Waals surface area contributed by atoms with Crippen molar-refractivity contribution in [3.8, 4) is 0 Å². The molecule has 9 nitrogen and oxygen atoms in total. The first-order valence-electron chi connectivity index (χ1n) is 4.22. The van der Waals surface area contributed by atoms with E-state index in [1.54, 1.807) is 0 Å². The van der Waals surface area contributed by atoms with Gasteiger partial charge in [0.25, 0.3) is 0 Å². The SMILES string of the molecule is O=[As](O)(O)OCC(O)C(O)C(O)C(O)CO. The van der Waals surface area contributed by atoms with Crippen LogP contribution in [0.1, 0.15) is 0 Å². The molecule has 0 aromatic heterocycles. The molecule has 0 saturated carbocycles. The van der Waals surface area contributed by atoms with Gasteiger partial charge in [0.2, 0.25) is 0 Å². The molecule has 0 spiro atoms. The topological polar surface area (TPSA) is 168 Å². The van der Waals surface area contributed by atoms with Crippen LogP contribution < -0.4 is 0 Å². The van der Waals surface area contributed by atoms with Gasteiger partial charge in [-0.25, -0.2) is 0 Å². The van der Waals surface area contributed by atoms with Gasteiger partial charge in [-0.05, 0) is 0 Å². The van der Waals surface area contributed by atoms with Crippen LogP contribution in [-0.2, 0) is 7.47 Å². The molecule has 0 aliphatic rings. The molecular weight excluding hydrogens is 291 g/mol. The summed E-state index contributed by atoms with van der Waals surface area (Å²) in [6.45, 7) is -1.74. The Kier molecular flexibility index (Phi) is 6.71. The van der Waals surface area contributed by atoms with Gasteiger partial charge >= 0.3 is 93.3 Å². The number of aliphatic hydroxyl groups is 5. The Morgan fingerprint density at radius 2 is 1.44 bits per heavy atom. The summed E-state index contributed by atoms with van der Waals surface area (Å²) in [6.07, 6.45) is -7.23. The van der Waals surface area contributed by atoms with E-state index in [0.717, 1.165) is 0 Å². The summed E-state index contributed by atoms with van der Waals surface area (Å²) >= 11 is -5.37. The van der Waals surface area contributed by atoms with Crippen LogP contribution in [0.5, 0.6) is 0 Å². The molecule has 0 aliphatic heterocycles. The third-order valence-corrected chi connectivity index (χ3v) is 2.76. The summed E-state index contributed by atoms with van der Waals surface area (Å²) < 4.78 is 30.9. The maximum absolute atomic E-state index is 10.3. The molecule has 4 unspecified atom stereocenters. The Morgan fingerprint density at radius 1 is 1.00 bits per heavy atom. The van der Waals surface area contributed by atoms with E-state index >= 15 is 0 Å². The van der Waals surface area contributed by atoms with Crippen molar-refractivity contribution in [2.45, 2.75) is 24.4 Å². The Bertz CT molecular complexity index is 240. The molecule has 0 saturated heterocycles. The zero-order valence-corrected chi connectivity index (χ0v) is 9.99. The molecule has 0 aliphatic carbocycles. The van der Waals surface area contributed by atoms with Gasteiger partial charge in [-0.15, -0.1) is 0 Å². The minimum atomic E-state index is -5.37. The molecule has 10 heteroatoms. The van der Waals surface area contributed by atoms with E-state index in [-0.39, 0.29) is 0 Å². The molecule has 0 radical (unpaired) electrons. The van der Waals surface area contributed by atoms with Gasteiger partial charge in [0.1, 0.15) is 0 Å². The predicted octanol–water partition coefficient (Wildman–Crippen LogP) is -4.71. The number of rotatable bonds is 7. The van der Waals surface area contributed by atoms with Crippen molar-refractivity contribution in [1.82, 2.24) is 0 Å². The minimum absolute atomic E-state index is 0.839. The number of aliphatic hydroxyl groups excluding tert-OH is 5. The fourth-order valence-electron chi connectivity index (χ4n) is 0.835. The molecular formula is C6H15AsO9. The first-order chi connectivity index (χ1) is 7.19. The van der Waals surface area contributed by atoms with E-state index < -0.39 is 52.1 Å². The van der Waals surface area contributed by atoms with Gasteiger partial charge in [-0.1, -0.05) is 0 Å². The van der Waals surface area contributed by atoms with Crippen LogP contribution in [0.2, 0.25) is 0 Å². The standard InChI is InChI=1S/C6H15AsO9/c8-1-3(9)5(11)6(12)4(10)2-16-7(13,14)15/h3-6,8-12H,1-2H2,(H2,13,14,15). The first kappa shape index (κ1) is 16.0. The average Bonchev–Trinajstić information content (AvgIpc) is 2.21.